The summed E-state index contributed by atoms with van der Waals surface area (Å²) in [5.41, 5.74) is 1.65. The number of aromatic amines is 1. The standard InChI is InChI=1S/C13H11BrN2O2/c14-6-9-7-15-12(16-13(9)17)11-5-8-3-1-2-4-10(8)18-11/h1-4,7,11H,5-6H2,(H,15,16,17). The number of aromatic nitrogens is 2. The molecular weight excluding hydrogens is 296 g/mol. The first kappa shape index (κ1) is 11.5. The van der Waals surface area contributed by atoms with Crippen LogP contribution in [0.15, 0.2) is 35.3 Å². The van der Waals surface area contributed by atoms with Crippen LogP contribution in [-0.4, -0.2) is 9.97 Å². The van der Waals surface area contributed by atoms with Crippen LogP contribution in [-0.2, 0) is 11.8 Å². The Balaban J connectivity index is 1.91. The number of hydrogen-bond acceptors (Lipinski definition) is 3. The zero-order chi connectivity index (χ0) is 12.5. The lowest BCUT2D eigenvalue weighted by molar-refractivity contribution is 0.227. The monoisotopic (exact) mass is 306 g/mol. The molecule has 4 nitrogen and oxygen atoms in total. The molecule has 2 heterocycles. The van der Waals surface area contributed by atoms with Crippen molar-refractivity contribution in [1.82, 2.24) is 9.97 Å². The zero-order valence-corrected chi connectivity index (χ0v) is 11.1. The first-order chi connectivity index (χ1) is 8.78. The third kappa shape index (κ3) is 1.95. The molecule has 1 aliphatic heterocycles. The third-order valence-corrected chi connectivity index (χ3v) is 3.59. The molecule has 0 aliphatic carbocycles. The van der Waals surface area contributed by atoms with E-state index < -0.39 is 0 Å². The van der Waals surface area contributed by atoms with Crippen LogP contribution in [0.25, 0.3) is 0 Å². The van der Waals surface area contributed by atoms with E-state index in [-0.39, 0.29) is 11.7 Å². The van der Waals surface area contributed by atoms with Gasteiger partial charge in [-0.3, -0.25) is 4.79 Å². The van der Waals surface area contributed by atoms with E-state index in [4.69, 9.17) is 4.74 Å². The molecule has 1 aromatic heterocycles. The highest BCUT2D eigenvalue weighted by Gasteiger charge is 2.25. The lowest BCUT2D eigenvalue weighted by Crippen LogP contribution is -2.19. The highest BCUT2D eigenvalue weighted by Crippen LogP contribution is 2.34. The number of fused-ring (bicyclic) bond motifs is 1. The van der Waals surface area contributed by atoms with Gasteiger partial charge in [0.15, 0.2) is 6.10 Å². The molecule has 1 aromatic carbocycles. The third-order valence-electron chi connectivity index (χ3n) is 2.99. The first-order valence-electron chi connectivity index (χ1n) is 5.66. The number of rotatable bonds is 2. The molecular formula is C13H11BrN2O2. The molecule has 1 atom stereocenters. The maximum atomic E-state index is 11.7. The van der Waals surface area contributed by atoms with Crippen LogP contribution in [0.4, 0.5) is 0 Å². The molecule has 18 heavy (non-hydrogen) atoms. The van der Waals surface area contributed by atoms with Crippen LogP contribution in [0, 0.1) is 0 Å². The predicted molar refractivity (Wildman–Crippen MR) is 71.0 cm³/mol. The topological polar surface area (TPSA) is 55.0 Å². The molecule has 1 N–H and O–H groups in total. The second-order valence-corrected chi connectivity index (χ2v) is 4.74. The molecule has 0 spiro atoms. The average molecular weight is 307 g/mol. The number of H-pyrrole nitrogens is 1. The van der Waals surface area contributed by atoms with Gasteiger partial charge >= 0.3 is 0 Å². The number of nitrogens with zero attached hydrogens (tertiary/aromatic N) is 1. The minimum Gasteiger partial charge on any atom is -0.482 e. The highest BCUT2D eigenvalue weighted by atomic mass is 79.9. The number of nitrogens with one attached hydrogen (secondary N) is 1. The van der Waals surface area contributed by atoms with Crippen LogP contribution in [0.2, 0.25) is 0 Å². The maximum absolute atomic E-state index is 11.7. The van der Waals surface area contributed by atoms with E-state index in [2.05, 4.69) is 25.9 Å². The Bertz CT molecular complexity index is 614. The van der Waals surface area contributed by atoms with Crippen molar-refractivity contribution >= 4 is 15.9 Å². The molecule has 5 heteroatoms. The number of ether oxygens (including phenoxy) is 1. The zero-order valence-electron chi connectivity index (χ0n) is 9.52. The Morgan fingerprint density at radius 2 is 2.28 bits per heavy atom. The Morgan fingerprint density at radius 1 is 1.44 bits per heavy atom. The fourth-order valence-electron chi connectivity index (χ4n) is 2.03. The first-order valence-corrected chi connectivity index (χ1v) is 6.78. The number of alkyl halides is 1. The van der Waals surface area contributed by atoms with Crippen molar-refractivity contribution in [2.75, 3.05) is 0 Å². The lowest BCUT2D eigenvalue weighted by atomic mass is 10.1. The summed E-state index contributed by atoms with van der Waals surface area (Å²) in [5, 5.41) is 0.501. The molecule has 0 saturated heterocycles. The van der Waals surface area contributed by atoms with E-state index in [0.29, 0.717) is 16.7 Å². The van der Waals surface area contributed by atoms with Crippen molar-refractivity contribution in [3.8, 4) is 5.75 Å². The molecule has 0 radical (unpaired) electrons. The number of halogens is 1. The number of para-hydroxylation sites is 1. The Hall–Kier alpha value is -1.62. The number of hydrogen-bond donors (Lipinski definition) is 1. The van der Waals surface area contributed by atoms with Gasteiger partial charge in [0.25, 0.3) is 5.56 Å². The smallest absolute Gasteiger partial charge is 0.255 e. The second-order valence-electron chi connectivity index (χ2n) is 4.17. The van der Waals surface area contributed by atoms with Gasteiger partial charge in [0.05, 0.1) is 0 Å². The van der Waals surface area contributed by atoms with Crippen LogP contribution < -0.4 is 10.3 Å². The van der Waals surface area contributed by atoms with Crippen LogP contribution in [0.1, 0.15) is 23.1 Å². The van der Waals surface area contributed by atoms with Gasteiger partial charge in [-0.05, 0) is 11.6 Å². The van der Waals surface area contributed by atoms with E-state index in [1.54, 1.807) is 6.20 Å². The van der Waals surface area contributed by atoms with Gasteiger partial charge in [-0.1, -0.05) is 34.1 Å². The quantitative estimate of drug-likeness (QED) is 0.867. The van der Waals surface area contributed by atoms with Gasteiger partial charge in [-0.15, -0.1) is 0 Å². The molecule has 92 valence electrons. The summed E-state index contributed by atoms with van der Waals surface area (Å²) in [6, 6.07) is 7.88. The Morgan fingerprint density at radius 3 is 3.00 bits per heavy atom. The minimum atomic E-state index is -0.195. The Labute approximate surface area is 112 Å². The van der Waals surface area contributed by atoms with E-state index in [1.807, 2.05) is 24.3 Å². The molecule has 1 unspecified atom stereocenters. The predicted octanol–water partition coefficient (Wildman–Crippen LogP) is 2.34. The van der Waals surface area contributed by atoms with Gasteiger partial charge in [0.1, 0.15) is 11.6 Å². The van der Waals surface area contributed by atoms with Gasteiger partial charge < -0.3 is 9.72 Å². The summed E-state index contributed by atoms with van der Waals surface area (Å²) in [5.74, 6) is 1.45. The van der Waals surface area contributed by atoms with Gasteiger partial charge in [0, 0.05) is 23.5 Å². The molecule has 0 fully saturated rings. The summed E-state index contributed by atoms with van der Waals surface area (Å²) < 4.78 is 5.78. The molecule has 1 aliphatic rings. The van der Waals surface area contributed by atoms with Crippen LogP contribution in [0.5, 0.6) is 5.75 Å². The number of benzene rings is 1. The van der Waals surface area contributed by atoms with Crippen molar-refractivity contribution in [2.45, 2.75) is 17.9 Å². The van der Waals surface area contributed by atoms with Crippen molar-refractivity contribution in [3.63, 3.8) is 0 Å². The van der Waals surface area contributed by atoms with Crippen LogP contribution >= 0.6 is 15.9 Å². The summed E-state index contributed by atoms with van der Waals surface area (Å²) in [4.78, 5) is 18.8. The average Bonchev–Trinajstić information content (AvgIpc) is 2.82. The second kappa shape index (κ2) is 4.57. The van der Waals surface area contributed by atoms with Gasteiger partial charge in [-0.25, -0.2) is 4.98 Å². The van der Waals surface area contributed by atoms with Gasteiger partial charge in [0.2, 0.25) is 0 Å². The van der Waals surface area contributed by atoms with Crippen LogP contribution in [0.3, 0.4) is 0 Å². The summed E-state index contributed by atoms with van der Waals surface area (Å²) in [6.07, 6.45) is 2.14. The SMILES string of the molecule is O=c1[nH]c(C2Cc3ccccc3O2)ncc1CBr. The lowest BCUT2D eigenvalue weighted by Gasteiger charge is -2.09. The fourth-order valence-corrected chi connectivity index (χ4v) is 2.43. The fraction of sp³-hybridized carbons (Fsp3) is 0.231. The van der Waals surface area contributed by atoms with Crippen molar-refractivity contribution in [1.29, 1.82) is 0 Å². The van der Waals surface area contributed by atoms with Crippen molar-refractivity contribution in [2.24, 2.45) is 0 Å². The maximum Gasteiger partial charge on any atom is 0.255 e. The normalized spacial score (nSPS) is 17.3. The largest absolute Gasteiger partial charge is 0.482 e. The van der Waals surface area contributed by atoms with Gasteiger partial charge in [-0.2, -0.15) is 0 Å². The Kier molecular flexibility index (Phi) is 2.91. The van der Waals surface area contributed by atoms with E-state index in [0.717, 1.165) is 17.7 Å². The van der Waals surface area contributed by atoms with E-state index in [9.17, 15) is 4.79 Å². The summed E-state index contributed by atoms with van der Waals surface area (Å²) in [6.45, 7) is 0. The van der Waals surface area contributed by atoms with E-state index in [1.165, 1.54) is 0 Å². The summed E-state index contributed by atoms with van der Waals surface area (Å²) in [7, 11) is 0. The van der Waals surface area contributed by atoms with E-state index >= 15 is 0 Å². The molecule has 0 amide bonds. The summed E-state index contributed by atoms with van der Waals surface area (Å²) >= 11 is 3.25. The minimum absolute atomic E-state index is 0.114. The highest BCUT2D eigenvalue weighted by molar-refractivity contribution is 9.08. The van der Waals surface area contributed by atoms with Crippen molar-refractivity contribution < 1.29 is 4.74 Å². The van der Waals surface area contributed by atoms with Crippen molar-refractivity contribution in [3.05, 3.63) is 57.8 Å². The molecule has 3 rings (SSSR count). The molecule has 2 aromatic rings. The molecule has 0 bridgehead atoms. The molecule has 0 saturated carbocycles.